The van der Waals surface area contributed by atoms with Crippen LogP contribution in [-0.2, 0) is 19.1 Å². The van der Waals surface area contributed by atoms with E-state index in [0.717, 1.165) is 0 Å². The summed E-state index contributed by atoms with van der Waals surface area (Å²) in [6, 6.07) is -1.51. The summed E-state index contributed by atoms with van der Waals surface area (Å²) in [6.45, 7) is 8.33. The summed E-state index contributed by atoms with van der Waals surface area (Å²) in [6.07, 6.45) is 6.89. The van der Waals surface area contributed by atoms with Gasteiger partial charge in [0.15, 0.2) is 0 Å². The summed E-state index contributed by atoms with van der Waals surface area (Å²) in [5, 5.41) is 10.2. The Hall–Kier alpha value is -2.19. The average molecular weight is 432 g/mol. The largest absolute Gasteiger partial charge is 0.394 e. The molecule has 6 atom stereocenters. The SMILES string of the molecule is CC(C)[C@H](CO)N1C(=O)[C@@H]2[C@H]3C(=O)N(C)CC=C[C@H]3O[C@@]23C=CCN(C(C)C)C(=O)C13. The molecule has 1 unspecified atom stereocenters. The molecule has 2 fully saturated rings. The minimum atomic E-state index is -1.23. The Bertz CT molecular complexity index is 837. The number of carbonyl (C=O) groups is 3. The van der Waals surface area contributed by atoms with Gasteiger partial charge in [-0.15, -0.1) is 0 Å². The molecule has 0 saturated carbocycles. The van der Waals surface area contributed by atoms with Gasteiger partial charge in [-0.1, -0.05) is 38.2 Å². The first-order valence-corrected chi connectivity index (χ1v) is 11.2. The van der Waals surface area contributed by atoms with E-state index in [1.54, 1.807) is 16.8 Å². The summed E-state index contributed by atoms with van der Waals surface area (Å²) in [7, 11) is 1.72. The molecule has 31 heavy (non-hydrogen) atoms. The normalized spacial score (nSPS) is 36.1. The van der Waals surface area contributed by atoms with E-state index in [2.05, 4.69) is 0 Å². The van der Waals surface area contributed by atoms with Crippen molar-refractivity contribution in [2.75, 3.05) is 26.7 Å². The number of rotatable bonds is 4. The second-order valence-electron chi connectivity index (χ2n) is 9.72. The number of hydrogen-bond donors (Lipinski definition) is 1. The van der Waals surface area contributed by atoms with Gasteiger partial charge in [0, 0.05) is 26.2 Å². The third kappa shape index (κ3) is 3.06. The van der Waals surface area contributed by atoms with E-state index in [-0.39, 0.29) is 36.3 Å². The Morgan fingerprint density at radius 2 is 1.81 bits per heavy atom. The minimum Gasteiger partial charge on any atom is -0.394 e. The lowest BCUT2D eigenvalue weighted by atomic mass is 9.77. The van der Waals surface area contributed by atoms with Gasteiger partial charge < -0.3 is 24.5 Å². The number of ether oxygens (including phenoxy) is 1. The van der Waals surface area contributed by atoms with E-state index in [0.29, 0.717) is 13.1 Å². The second-order valence-corrected chi connectivity index (χ2v) is 9.72. The molecule has 2 saturated heterocycles. The fourth-order valence-electron chi connectivity index (χ4n) is 5.66. The van der Waals surface area contributed by atoms with E-state index in [1.165, 1.54) is 4.90 Å². The number of carbonyl (C=O) groups excluding carboxylic acids is 3. The van der Waals surface area contributed by atoms with Gasteiger partial charge in [0.2, 0.25) is 17.7 Å². The van der Waals surface area contributed by atoms with Crippen LogP contribution in [0.1, 0.15) is 27.7 Å². The van der Waals surface area contributed by atoms with E-state index in [4.69, 9.17) is 4.74 Å². The molecule has 0 aromatic rings. The molecule has 0 aromatic carbocycles. The first-order valence-electron chi connectivity index (χ1n) is 11.2. The third-order valence-corrected chi connectivity index (χ3v) is 7.27. The summed E-state index contributed by atoms with van der Waals surface area (Å²) in [4.78, 5) is 45.9. The Labute approximate surface area is 183 Å². The molecular weight excluding hydrogens is 398 g/mol. The lowest BCUT2D eigenvalue weighted by Crippen LogP contribution is -2.59. The molecule has 0 aromatic heterocycles. The molecule has 170 valence electrons. The van der Waals surface area contributed by atoms with E-state index in [9.17, 15) is 19.5 Å². The van der Waals surface area contributed by atoms with Gasteiger partial charge in [0.25, 0.3) is 0 Å². The van der Waals surface area contributed by atoms with Gasteiger partial charge in [-0.2, -0.15) is 0 Å². The van der Waals surface area contributed by atoms with Crippen molar-refractivity contribution in [3.63, 3.8) is 0 Å². The summed E-state index contributed by atoms with van der Waals surface area (Å²) < 4.78 is 6.52. The molecule has 4 aliphatic heterocycles. The molecule has 4 heterocycles. The van der Waals surface area contributed by atoms with Crippen LogP contribution in [0.15, 0.2) is 24.3 Å². The van der Waals surface area contributed by atoms with Crippen LogP contribution < -0.4 is 0 Å². The quantitative estimate of drug-likeness (QED) is 0.652. The molecule has 1 N–H and O–H groups in total. The molecule has 3 amide bonds. The number of amides is 3. The third-order valence-electron chi connectivity index (χ3n) is 7.27. The van der Waals surface area contributed by atoms with Gasteiger partial charge in [-0.05, 0) is 19.8 Å². The van der Waals surface area contributed by atoms with Gasteiger partial charge in [-0.3, -0.25) is 14.4 Å². The highest BCUT2D eigenvalue weighted by atomic mass is 16.5. The molecule has 4 rings (SSSR count). The van der Waals surface area contributed by atoms with Crippen molar-refractivity contribution >= 4 is 17.7 Å². The smallest absolute Gasteiger partial charge is 0.249 e. The maximum Gasteiger partial charge on any atom is 0.249 e. The predicted molar refractivity (Wildman–Crippen MR) is 114 cm³/mol. The van der Waals surface area contributed by atoms with E-state index >= 15 is 0 Å². The van der Waals surface area contributed by atoms with Crippen LogP contribution in [-0.4, -0.2) is 94.1 Å². The molecule has 8 nitrogen and oxygen atoms in total. The fourth-order valence-corrected chi connectivity index (χ4v) is 5.66. The molecule has 4 aliphatic rings. The van der Waals surface area contributed by atoms with Gasteiger partial charge in [-0.25, -0.2) is 0 Å². The number of likely N-dealkylation sites (N-methyl/N-ethyl adjacent to an activating group) is 1. The zero-order valence-electron chi connectivity index (χ0n) is 18.9. The Morgan fingerprint density at radius 3 is 2.42 bits per heavy atom. The van der Waals surface area contributed by atoms with Gasteiger partial charge in [0.1, 0.15) is 11.6 Å². The summed E-state index contributed by atoms with van der Waals surface area (Å²) in [5.74, 6) is -2.21. The van der Waals surface area contributed by atoms with Gasteiger partial charge >= 0.3 is 0 Å². The highest BCUT2D eigenvalue weighted by Crippen LogP contribution is 2.54. The van der Waals surface area contributed by atoms with Crippen molar-refractivity contribution in [1.29, 1.82) is 0 Å². The van der Waals surface area contributed by atoms with Crippen molar-refractivity contribution in [1.82, 2.24) is 14.7 Å². The average Bonchev–Trinajstić information content (AvgIpc) is 3.02. The van der Waals surface area contributed by atoms with Crippen molar-refractivity contribution in [2.24, 2.45) is 17.8 Å². The van der Waals surface area contributed by atoms with Crippen molar-refractivity contribution in [3.8, 4) is 0 Å². The molecule has 0 aliphatic carbocycles. The Kier molecular flexibility index (Phi) is 5.50. The van der Waals surface area contributed by atoms with Crippen molar-refractivity contribution < 1.29 is 24.2 Å². The van der Waals surface area contributed by atoms with E-state index < -0.39 is 35.6 Å². The number of aliphatic hydroxyl groups is 1. The van der Waals surface area contributed by atoms with Crippen LogP contribution in [0.4, 0.5) is 0 Å². The monoisotopic (exact) mass is 431 g/mol. The zero-order valence-corrected chi connectivity index (χ0v) is 18.9. The molecule has 0 radical (unpaired) electrons. The van der Waals surface area contributed by atoms with Crippen LogP contribution in [0.5, 0.6) is 0 Å². The van der Waals surface area contributed by atoms with Crippen LogP contribution in [0, 0.1) is 17.8 Å². The minimum absolute atomic E-state index is 0.0607. The first kappa shape index (κ1) is 22.0. The Morgan fingerprint density at radius 1 is 1.10 bits per heavy atom. The predicted octanol–water partition coefficient (Wildman–Crippen LogP) is 0.419. The standard InChI is InChI=1S/C23H33N3O5/c1-13(2)15(12-27)26-19-22(30)25(14(3)4)11-7-9-23(19)18(21(26)29)17-16(31-23)8-6-10-24(5)20(17)28/h6-9,13-19,27H,10-12H2,1-5H3/t15-,16+,17-,18-,19?,23-/m0/s1. The second kappa shape index (κ2) is 7.74. The number of aliphatic hydroxyl groups excluding tert-OH is 1. The number of hydrogen-bond acceptors (Lipinski definition) is 5. The van der Waals surface area contributed by atoms with Crippen molar-refractivity contribution in [2.45, 2.75) is 57.5 Å². The van der Waals surface area contributed by atoms with Crippen LogP contribution in [0.2, 0.25) is 0 Å². The van der Waals surface area contributed by atoms with E-state index in [1.807, 2.05) is 52.0 Å². The number of likely N-dealkylation sites (tertiary alicyclic amines) is 1. The first-order chi connectivity index (χ1) is 14.7. The maximum atomic E-state index is 13.9. The topological polar surface area (TPSA) is 90.4 Å². The lowest BCUT2D eigenvalue weighted by Gasteiger charge is -2.40. The molecule has 1 spiro atoms. The lowest BCUT2D eigenvalue weighted by molar-refractivity contribution is -0.153. The molecule has 0 bridgehead atoms. The molecule has 8 heteroatoms. The fraction of sp³-hybridized carbons (Fsp3) is 0.696. The number of fused-ring (bicyclic) bond motifs is 2. The summed E-state index contributed by atoms with van der Waals surface area (Å²) >= 11 is 0. The highest BCUT2D eigenvalue weighted by Gasteiger charge is 2.72. The van der Waals surface area contributed by atoms with Crippen LogP contribution in [0.25, 0.3) is 0 Å². The number of nitrogens with zero attached hydrogens (tertiary/aromatic N) is 3. The van der Waals surface area contributed by atoms with Crippen LogP contribution >= 0.6 is 0 Å². The highest BCUT2D eigenvalue weighted by molar-refractivity contribution is 6.00. The van der Waals surface area contributed by atoms with Crippen molar-refractivity contribution in [3.05, 3.63) is 24.3 Å². The van der Waals surface area contributed by atoms with Gasteiger partial charge in [0.05, 0.1) is 30.6 Å². The summed E-state index contributed by atoms with van der Waals surface area (Å²) in [5.41, 5.74) is -1.23. The maximum absolute atomic E-state index is 13.9. The Balaban J connectivity index is 1.90. The molecular formula is C23H33N3O5. The zero-order chi connectivity index (χ0) is 22.7. The van der Waals surface area contributed by atoms with Crippen LogP contribution in [0.3, 0.4) is 0 Å².